The number of rotatable bonds is 3. The van der Waals surface area contributed by atoms with Gasteiger partial charge in [-0.1, -0.05) is 35.9 Å². The van der Waals surface area contributed by atoms with Gasteiger partial charge in [0.1, 0.15) is 0 Å². The van der Waals surface area contributed by atoms with Crippen molar-refractivity contribution in [1.29, 1.82) is 0 Å². The summed E-state index contributed by atoms with van der Waals surface area (Å²) in [5, 5.41) is 3.38. The van der Waals surface area contributed by atoms with E-state index in [1.54, 1.807) is 0 Å². The molecule has 0 heterocycles. The molecule has 0 aliphatic carbocycles. The van der Waals surface area contributed by atoms with Gasteiger partial charge in [-0.05, 0) is 26.3 Å². The van der Waals surface area contributed by atoms with Crippen LogP contribution in [-0.2, 0) is 6.54 Å². The maximum absolute atomic E-state index is 3.38. The second kappa shape index (κ2) is 4.70. The van der Waals surface area contributed by atoms with Gasteiger partial charge < -0.3 is 5.32 Å². The maximum Gasteiger partial charge on any atom is 0.0397 e. The molecule has 0 radical (unpaired) electrons. The van der Waals surface area contributed by atoms with Crippen molar-refractivity contribution >= 4 is 0 Å². The molecule has 0 aromatic heterocycles. The van der Waals surface area contributed by atoms with E-state index in [-0.39, 0.29) is 0 Å². The molecule has 1 heteroatoms. The van der Waals surface area contributed by atoms with Crippen LogP contribution in [0.25, 0.3) is 0 Å². The minimum absolute atomic E-state index is 0.915. The second-order valence-electron chi connectivity index (χ2n) is 3.46. The van der Waals surface area contributed by atoms with Crippen LogP contribution in [-0.4, -0.2) is 0 Å². The molecule has 1 rings (SSSR count). The summed E-state index contributed by atoms with van der Waals surface area (Å²) in [6.45, 7) is 7.26. The van der Waals surface area contributed by atoms with Crippen molar-refractivity contribution in [2.45, 2.75) is 27.3 Å². The van der Waals surface area contributed by atoms with Gasteiger partial charge in [0.2, 0.25) is 0 Å². The van der Waals surface area contributed by atoms with Crippen molar-refractivity contribution in [1.82, 2.24) is 5.32 Å². The molecule has 1 N–H and O–H groups in total. The Morgan fingerprint density at radius 3 is 2.23 bits per heavy atom. The van der Waals surface area contributed by atoms with Crippen molar-refractivity contribution in [3.63, 3.8) is 0 Å². The lowest BCUT2D eigenvalue weighted by Gasteiger charge is -2.07. The largest absolute Gasteiger partial charge is 0.385 e. The highest BCUT2D eigenvalue weighted by atomic mass is 14.9. The molecule has 13 heavy (non-hydrogen) atoms. The Bertz CT molecular complexity index is 281. The zero-order chi connectivity index (χ0) is 9.68. The monoisotopic (exact) mass is 175 g/mol. The van der Waals surface area contributed by atoms with E-state index < -0.39 is 0 Å². The van der Waals surface area contributed by atoms with Gasteiger partial charge in [-0.15, -0.1) is 0 Å². The first-order chi connectivity index (χ1) is 6.20. The maximum atomic E-state index is 3.38. The van der Waals surface area contributed by atoms with Crippen molar-refractivity contribution in [3.8, 4) is 0 Å². The summed E-state index contributed by atoms with van der Waals surface area (Å²) in [6, 6.07) is 10.4. The molecule has 0 atom stereocenters. The first kappa shape index (κ1) is 9.85. The molecule has 0 saturated heterocycles. The average molecular weight is 175 g/mol. The second-order valence-corrected chi connectivity index (χ2v) is 3.46. The minimum Gasteiger partial charge on any atom is -0.385 e. The Morgan fingerprint density at radius 1 is 1.08 bits per heavy atom. The Kier molecular flexibility index (Phi) is 3.56. The van der Waals surface area contributed by atoms with E-state index in [0.717, 1.165) is 6.54 Å². The van der Waals surface area contributed by atoms with E-state index in [0.29, 0.717) is 0 Å². The number of allylic oxidation sites excluding steroid dienone is 2. The summed E-state index contributed by atoms with van der Waals surface area (Å²) < 4.78 is 0. The summed E-state index contributed by atoms with van der Waals surface area (Å²) in [4.78, 5) is 0. The summed E-state index contributed by atoms with van der Waals surface area (Å²) in [5.74, 6) is 0. The smallest absolute Gasteiger partial charge is 0.0397 e. The van der Waals surface area contributed by atoms with Crippen molar-refractivity contribution in [3.05, 3.63) is 47.2 Å². The Morgan fingerprint density at radius 2 is 1.69 bits per heavy atom. The van der Waals surface area contributed by atoms with Crippen LogP contribution in [0.2, 0.25) is 0 Å². The Labute approximate surface area is 80.5 Å². The van der Waals surface area contributed by atoms with Crippen molar-refractivity contribution < 1.29 is 0 Å². The molecule has 0 aliphatic heterocycles. The van der Waals surface area contributed by atoms with Crippen molar-refractivity contribution in [2.24, 2.45) is 0 Å². The summed E-state index contributed by atoms with van der Waals surface area (Å²) in [6.07, 6.45) is 0. The topological polar surface area (TPSA) is 12.0 Å². The van der Waals surface area contributed by atoms with Crippen LogP contribution in [0.5, 0.6) is 0 Å². The fraction of sp³-hybridized carbons (Fsp3) is 0.333. The lowest BCUT2D eigenvalue weighted by atomic mass is 10.2. The third-order valence-electron chi connectivity index (χ3n) is 2.15. The third kappa shape index (κ3) is 3.32. The van der Waals surface area contributed by atoms with E-state index in [4.69, 9.17) is 0 Å². The van der Waals surface area contributed by atoms with Gasteiger partial charge in [0.05, 0.1) is 0 Å². The van der Waals surface area contributed by atoms with Gasteiger partial charge >= 0.3 is 0 Å². The van der Waals surface area contributed by atoms with Gasteiger partial charge in [-0.2, -0.15) is 0 Å². The molecule has 0 spiro atoms. The predicted molar refractivity (Wildman–Crippen MR) is 57.3 cm³/mol. The van der Waals surface area contributed by atoms with Crippen LogP contribution in [0.1, 0.15) is 26.3 Å². The highest BCUT2D eigenvalue weighted by molar-refractivity contribution is 5.16. The van der Waals surface area contributed by atoms with E-state index in [2.05, 4.69) is 50.4 Å². The zero-order valence-corrected chi connectivity index (χ0v) is 8.59. The van der Waals surface area contributed by atoms with E-state index in [1.165, 1.54) is 16.8 Å². The van der Waals surface area contributed by atoms with Crippen molar-refractivity contribution in [2.75, 3.05) is 0 Å². The van der Waals surface area contributed by atoms with E-state index >= 15 is 0 Å². The van der Waals surface area contributed by atoms with Crippen LogP contribution in [0, 0.1) is 0 Å². The molecule has 1 aromatic rings. The van der Waals surface area contributed by atoms with Gasteiger partial charge in [0.25, 0.3) is 0 Å². The highest BCUT2D eigenvalue weighted by Gasteiger charge is 1.92. The highest BCUT2D eigenvalue weighted by Crippen LogP contribution is 2.01. The number of hydrogen-bond donors (Lipinski definition) is 1. The third-order valence-corrected chi connectivity index (χ3v) is 2.15. The fourth-order valence-corrected chi connectivity index (χ4v) is 1.01. The predicted octanol–water partition coefficient (Wildman–Crippen LogP) is 3.09. The molecule has 1 aromatic carbocycles. The van der Waals surface area contributed by atoms with E-state index in [1.807, 2.05) is 6.07 Å². The Hall–Kier alpha value is -1.24. The molecule has 0 fully saturated rings. The lowest BCUT2D eigenvalue weighted by Crippen LogP contribution is -2.11. The van der Waals surface area contributed by atoms with Gasteiger partial charge in [-0.25, -0.2) is 0 Å². The molecular formula is C12H17N. The number of hydrogen-bond acceptors (Lipinski definition) is 1. The Balaban J connectivity index is 2.49. The molecule has 0 amide bonds. The molecule has 0 saturated carbocycles. The number of nitrogens with one attached hydrogen (secondary N) is 1. The normalized spacial score (nSPS) is 9.46. The molecule has 0 bridgehead atoms. The van der Waals surface area contributed by atoms with Crippen LogP contribution in [0.15, 0.2) is 41.6 Å². The summed E-state index contributed by atoms with van der Waals surface area (Å²) in [7, 11) is 0. The quantitative estimate of drug-likeness (QED) is 0.744. The molecular weight excluding hydrogens is 158 g/mol. The van der Waals surface area contributed by atoms with Crippen LogP contribution in [0.4, 0.5) is 0 Å². The van der Waals surface area contributed by atoms with E-state index in [9.17, 15) is 0 Å². The first-order valence-electron chi connectivity index (χ1n) is 4.62. The summed E-state index contributed by atoms with van der Waals surface area (Å²) in [5.41, 5.74) is 3.93. The molecule has 0 unspecified atom stereocenters. The van der Waals surface area contributed by atoms with Gasteiger partial charge in [-0.3, -0.25) is 0 Å². The SMILES string of the molecule is CC(C)=C(C)NCc1ccccc1. The van der Waals surface area contributed by atoms with Gasteiger partial charge in [0.15, 0.2) is 0 Å². The molecule has 0 aliphatic rings. The number of benzene rings is 1. The molecule has 1 nitrogen and oxygen atoms in total. The van der Waals surface area contributed by atoms with Crippen LogP contribution < -0.4 is 5.32 Å². The standard InChI is InChI=1S/C12H17N/c1-10(2)11(3)13-9-12-7-5-4-6-8-12/h4-8,13H,9H2,1-3H3. The van der Waals surface area contributed by atoms with Crippen LogP contribution in [0.3, 0.4) is 0 Å². The fourth-order valence-electron chi connectivity index (χ4n) is 1.01. The summed E-state index contributed by atoms with van der Waals surface area (Å²) >= 11 is 0. The zero-order valence-electron chi connectivity index (χ0n) is 8.59. The lowest BCUT2D eigenvalue weighted by molar-refractivity contribution is 0.798. The first-order valence-corrected chi connectivity index (χ1v) is 4.62. The van der Waals surface area contributed by atoms with Gasteiger partial charge in [0, 0.05) is 12.2 Å². The van der Waals surface area contributed by atoms with Crippen LogP contribution >= 0.6 is 0 Å². The molecule has 70 valence electrons. The minimum atomic E-state index is 0.915. The average Bonchev–Trinajstić information content (AvgIpc) is 2.15.